The first-order valence-corrected chi connectivity index (χ1v) is 15.5. The molecule has 0 aromatic heterocycles. The van der Waals surface area contributed by atoms with Crippen LogP contribution in [-0.4, -0.2) is 84.6 Å². The molecule has 5 unspecified atom stereocenters. The molecule has 3 saturated heterocycles. The van der Waals surface area contributed by atoms with Crippen LogP contribution in [0, 0.1) is 23.7 Å². The SMILES string of the molecule is COc1ccc(NC(=O)C2[C@@H]3C=C[C@]4(O3)C(C(=O)NC3CCCC(C)C3C)N(CCN3CCCCC3)C(=O)[C@H]24)cc1. The largest absolute Gasteiger partial charge is 0.497 e. The van der Waals surface area contributed by atoms with E-state index in [2.05, 4.69) is 29.4 Å². The van der Waals surface area contributed by atoms with Gasteiger partial charge in [-0.25, -0.2) is 0 Å². The van der Waals surface area contributed by atoms with Crippen molar-refractivity contribution >= 4 is 23.4 Å². The third-order valence-electron chi connectivity index (χ3n) is 10.4. The van der Waals surface area contributed by atoms with Crippen LogP contribution in [0.3, 0.4) is 0 Å². The first-order chi connectivity index (χ1) is 19.8. The minimum atomic E-state index is -1.14. The van der Waals surface area contributed by atoms with E-state index in [0.717, 1.165) is 38.8 Å². The summed E-state index contributed by atoms with van der Waals surface area (Å²) < 4.78 is 11.8. The molecule has 1 aliphatic carbocycles. The van der Waals surface area contributed by atoms with Crippen LogP contribution in [0.15, 0.2) is 36.4 Å². The number of amides is 3. The summed E-state index contributed by atoms with van der Waals surface area (Å²) in [4.78, 5) is 46.2. The summed E-state index contributed by atoms with van der Waals surface area (Å²) in [5.41, 5.74) is -0.516. The number of fused-ring (bicyclic) bond motifs is 1. The number of anilines is 1. The van der Waals surface area contributed by atoms with Crippen LogP contribution in [-0.2, 0) is 19.1 Å². The number of nitrogens with one attached hydrogen (secondary N) is 2. The highest BCUT2D eigenvalue weighted by atomic mass is 16.5. The second-order valence-electron chi connectivity index (χ2n) is 12.7. The van der Waals surface area contributed by atoms with Gasteiger partial charge in [-0.2, -0.15) is 0 Å². The van der Waals surface area contributed by atoms with Crippen molar-refractivity contribution in [2.45, 2.75) is 76.2 Å². The molecule has 1 saturated carbocycles. The normalized spacial score (nSPS) is 36.3. The number of ether oxygens (including phenoxy) is 2. The van der Waals surface area contributed by atoms with E-state index >= 15 is 0 Å². The van der Waals surface area contributed by atoms with Gasteiger partial charge >= 0.3 is 0 Å². The van der Waals surface area contributed by atoms with Gasteiger partial charge < -0.3 is 29.9 Å². The molecular formula is C32H44N4O5. The zero-order chi connectivity index (χ0) is 28.7. The van der Waals surface area contributed by atoms with Gasteiger partial charge in [-0.05, 0) is 68.5 Å². The van der Waals surface area contributed by atoms with E-state index in [1.807, 2.05) is 12.2 Å². The van der Waals surface area contributed by atoms with E-state index in [9.17, 15) is 14.4 Å². The van der Waals surface area contributed by atoms with Gasteiger partial charge in [0.25, 0.3) is 0 Å². The van der Waals surface area contributed by atoms with Crippen molar-refractivity contribution in [1.82, 2.24) is 15.1 Å². The number of hydrogen-bond donors (Lipinski definition) is 2. The van der Waals surface area contributed by atoms with E-state index in [0.29, 0.717) is 36.4 Å². The molecular weight excluding hydrogens is 520 g/mol. The zero-order valence-electron chi connectivity index (χ0n) is 24.5. The third kappa shape index (κ3) is 5.05. The van der Waals surface area contributed by atoms with Crippen LogP contribution < -0.4 is 15.4 Å². The molecule has 8 atom stereocenters. The highest BCUT2D eigenvalue weighted by Gasteiger charge is 2.72. The van der Waals surface area contributed by atoms with Gasteiger partial charge in [0.05, 0.1) is 25.0 Å². The minimum absolute atomic E-state index is 0.0671. The lowest BCUT2D eigenvalue weighted by atomic mass is 9.73. The van der Waals surface area contributed by atoms with Crippen molar-refractivity contribution in [2.75, 3.05) is 38.6 Å². The van der Waals surface area contributed by atoms with Gasteiger partial charge in [0.2, 0.25) is 17.7 Å². The number of piperidine rings is 1. The first-order valence-electron chi connectivity index (χ1n) is 15.5. The maximum atomic E-state index is 14.2. The number of benzene rings is 1. The third-order valence-corrected chi connectivity index (χ3v) is 10.4. The second kappa shape index (κ2) is 11.4. The highest BCUT2D eigenvalue weighted by Crippen LogP contribution is 2.55. The lowest BCUT2D eigenvalue weighted by Crippen LogP contribution is -2.58. The molecule has 3 amide bonds. The maximum Gasteiger partial charge on any atom is 0.246 e. The van der Waals surface area contributed by atoms with Crippen molar-refractivity contribution in [3.05, 3.63) is 36.4 Å². The summed E-state index contributed by atoms with van der Waals surface area (Å²) in [6.07, 6.45) is 9.97. The van der Waals surface area contributed by atoms with Crippen LogP contribution >= 0.6 is 0 Å². The van der Waals surface area contributed by atoms with Crippen LogP contribution in [0.5, 0.6) is 5.75 Å². The van der Waals surface area contributed by atoms with Gasteiger partial charge in [-0.15, -0.1) is 0 Å². The lowest BCUT2D eigenvalue weighted by molar-refractivity contribution is -0.142. The van der Waals surface area contributed by atoms with Crippen LogP contribution in [0.2, 0.25) is 0 Å². The van der Waals surface area contributed by atoms with Crippen molar-refractivity contribution in [2.24, 2.45) is 23.7 Å². The molecule has 0 radical (unpaired) electrons. The van der Waals surface area contributed by atoms with E-state index in [1.54, 1.807) is 36.3 Å². The molecule has 2 bridgehead atoms. The Morgan fingerprint density at radius 2 is 1.78 bits per heavy atom. The van der Waals surface area contributed by atoms with Crippen molar-refractivity contribution in [3.8, 4) is 5.75 Å². The van der Waals surface area contributed by atoms with E-state index < -0.39 is 29.6 Å². The smallest absolute Gasteiger partial charge is 0.246 e. The van der Waals surface area contributed by atoms with Crippen molar-refractivity contribution < 1.29 is 23.9 Å². The fourth-order valence-corrected chi connectivity index (χ4v) is 7.89. The fraction of sp³-hybridized carbons (Fsp3) is 0.656. The molecule has 1 aromatic carbocycles. The summed E-state index contributed by atoms with van der Waals surface area (Å²) >= 11 is 0. The van der Waals surface area contributed by atoms with Crippen LogP contribution in [0.25, 0.3) is 0 Å². The Bertz CT molecular complexity index is 1180. The molecule has 4 aliphatic heterocycles. The molecule has 9 heteroatoms. The first kappa shape index (κ1) is 28.2. The van der Waals surface area contributed by atoms with Gasteiger partial charge in [0.1, 0.15) is 17.4 Å². The Morgan fingerprint density at radius 3 is 2.51 bits per heavy atom. The molecule has 1 aromatic rings. The van der Waals surface area contributed by atoms with E-state index in [-0.39, 0.29) is 23.8 Å². The summed E-state index contributed by atoms with van der Waals surface area (Å²) in [6.45, 7) is 7.64. The fourth-order valence-electron chi connectivity index (χ4n) is 7.89. The average Bonchev–Trinajstić information content (AvgIpc) is 3.62. The number of rotatable bonds is 8. The van der Waals surface area contributed by atoms with Crippen LogP contribution in [0.1, 0.15) is 52.4 Å². The predicted molar refractivity (Wildman–Crippen MR) is 155 cm³/mol. The zero-order valence-corrected chi connectivity index (χ0v) is 24.5. The summed E-state index contributed by atoms with van der Waals surface area (Å²) in [6, 6.07) is 6.39. The van der Waals surface area contributed by atoms with Crippen molar-refractivity contribution in [1.29, 1.82) is 0 Å². The number of likely N-dealkylation sites (tertiary alicyclic amines) is 2. The Hall–Kier alpha value is -2.91. The molecule has 41 heavy (non-hydrogen) atoms. The molecule has 6 rings (SSSR count). The summed E-state index contributed by atoms with van der Waals surface area (Å²) in [7, 11) is 1.59. The van der Waals surface area contributed by atoms with E-state index in [4.69, 9.17) is 9.47 Å². The summed E-state index contributed by atoms with van der Waals surface area (Å²) in [5.74, 6) is -0.449. The average molecular weight is 565 g/mol. The summed E-state index contributed by atoms with van der Waals surface area (Å²) in [5, 5.41) is 6.32. The van der Waals surface area contributed by atoms with Crippen LogP contribution in [0.4, 0.5) is 5.69 Å². The topological polar surface area (TPSA) is 100 Å². The quantitative estimate of drug-likeness (QED) is 0.471. The Labute approximate surface area is 243 Å². The Balaban J connectivity index is 1.26. The molecule has 1 spiro atoms. The van der Waals surface area contributed by atoms with Crippen molar-refractivity contribution in [3.63, 3.8) is 0 Å². The lowest BCUT2D eigenvalue weighted by Gasteiger charge is -2.38. The number of methoxy groups -OCH3 is 1. The van der Waals surface area contributed by atoms with Gasteiger partial charge in [-0.3, -0.25) is 14.4 Å². The number of nitrogens with zero attached hydrogens (tertiary/aromatic N) is 2. The molecule has 9 nitrogen and oxygen atoms in total. The number of carbonyl (C=O) groups excluding carboxylic acids is 3. The molecule has 4 fully saturated rings. The maximum absolute atomic E-state index is 14.2. The second-order valence-corrected chi connectivity index (χ2v) is 12.7. The van der Waals surface area contributed by atoms with Gasteiger partial charge in [-0.1, -0.05) is 45.3 Å². The van der Waals surface area contributed by atoms with Gasteiger partial charge in [0.15, 0.2) is 0 Å². The Morgan fingerprint density at radius 1 is 1.02 bits per heavy atom. The minimum Gasteiger partial charge on any atom is -0.497 e. The molecule has 2 N–H and O–H groups in total. The molecule has 222 valence electrons. The monoisotopic (exact) mass is 564 g/mol. The number of carbonyl (C=O) groups is 3. The number of hydrogen-bond acceptors (Lipinski definition) is 6. The molecule has 4 heterocycles. The van der Waals surface area contributed by atoms with Gasteiger partial charge in [0, 0.05) is 24.8 Å². The standard InChI is InChI=1S/C32H44N4O5/c1-20-8-7-9-24(21(20)2)34-30(38)28-32-15-14-25(41-32)26(29(37)33-22-10-12-23(40-3)13-11-22)27(32)31(39)36(28)19-18-35-16-5-4-6-17-35/h10-15,20-21,24-28H,4-9,16-19H2,1-3H3,(H,33,37)(H,34,38)/t20?,21?,24?,25-,26?,27-,28?,32+/m0/s1. The molecule has 5 aliphatic rings. The highest BCUT2D eigenvalue weighted by molar-refractivity contribution is 6.02. The van der Waals surface area contributed by atoms with E-state index in [1.165, 1.54) is 12.8 Å². The Kier molecular flexibility index (Phi) is 7.85. The predicted octanol–water partition coefficient (Wildman–Crippen LogP) is 3.21.